The zero-order valence-electron chi connectivity index (χ0n) is 9.40. The van der Waals surface area contributed by atoms with E-state index in [4.69, 9.17) is 0 Å². The molecule has 1 aliphatic carbocycles. The summed E-state index contributed by atoms with van der Waals surface area (Å²) in [7, 11) is 0. The van der Waals surface area contributed by atoms with Crippen LogP contribution in [0.4, 0.5) is 0 Å². The molecule has 1 saturated heterocycles. The van der Waals surface area contributed by atoms with E-state index >= 15 is 0 Å². The number of fused-ring (bicyclic) bond motifs is 1. The van der Waals surface area contributed by atoms with Gasteiger partial charge in [-0.3, -0.25) is 0 Å². The molecular weight excluding hydrogens is 188 g/mol. The molecule has 2 heterocycles. The lowest BCUT2D eigenvalue weighted by Crippen LogP contribution is -2.15. The molecule has 0 radical (unpaired) electrons. The average molecular weight is 206 g/mol. The molecule has 1 saturated carbocycles. The van der Waals surface area contributed by atoms with Gasteiger partial charge in [0, 0.05) is 6.04 Å². The first-order valence-electron chi connectivity index (χ1n) is 5.84. The number of nitrogens with zero attached hydrogens (tertiary/aromatic N) is 3. The van der Waals surface area contributed by atoms with Crippen molar-refractivity contribution in [2.75, 3.05) is 13.1 Å². The molecule has 3 atom stereocenters. The van der Waals surface area contributed by atoms with Gasteiger partial charge in [-0.05, 0) is 51.6 Å². The molecule has 1 aromatic rings. The summed E-state index contributed by atoms with van der Waals surface area (Å²) < 4.78 is 2.33. The fourth-order valence-electron chi connectivity index (χ4n) is 3.35. The van der Waals surface area contributed by atoms with E-state index in [9.17, 15) is 0 Å². The van der Waals surface area contributed by atoms with Gasteiger partial charge in [0.05, 0.1) is 0 Å². The molecule has 0 bridgehead atoms. The lowest BCUT2D eigenvalue weighted by atomic mass is 10.0. The van der Waals surface area contributed by atoms with E-state index in [1.807, 2.05) is 0 Å². The van der Waals surface area contributed by atoms with E-state index in [-0.39, 0.29) is 0 Å². The van der Waals surface area contributed by atoms with Crippen LogP contribution in [0.15, 0.2) is 0 Å². The lowest BCUT2D eigenvalue weighted by molar-refractivity contribution is 0.455. The molecule has 0 spiro atoms. The minimum atomic E-state index is 0.650. The fraction of sp³-hybridized carbons (Fsp3) is 0.818. The van der Waals surface area contributed by atoms with Crippen molar-refractivity contribution in [3.63, 3.8) is 0 Å². The van der Waals surface area contributed by atoms with Crippen molar-refractivity contribution >= 4 is 0 Å². The Balaban J connectivity index is 1.85. The molecule has 4 heteroatoms. The van der Waals surface area contributed by atoms with Crippen molar-refractivity contribution in [3.8, 4) is 0 Å². The second-order valence-electron chi connectivity index (χ2n) is 4.97. The van der Waals surface area contributed by atoms with E-state index in [0.29, 0.717) is 6.04 Å². The third-order valence-corrected chi connectivity index (χ3v) is 4.03. The van der Waals surface area contributed by atoms with Crippen LogP contribution < -0.4 is 5.32 Å². The zero-order chi connectivity index (χ0) is 10.4. The maximum atomic E-state index is 4.15. The molecule has 0 aromatic carbocycles. The van der Waals surface area contributed by atoms with Gasteiger partial charge in [0.25, 0.3) is 0 Å². The van der Waals surface area contributed by atoms with E-state index in [1.54, 1.807) is 0 Å². The highest BCUT2D eigenvalue weighted by Gasteiger charge is 2.38. The molecule has 4 nitrogen and oxygen atoms in total. The van der Waals surface area contributed by atoms with Crippen molar-refractivity contribution in [1.82, 2.24) is 20.1 Å². The summed E-state index contributed by atoms with van der Waals surface area (Å²) in [5.41, 5.74) is 0. The van der Waals surface area contributed by atoms with Gasteiger partial charge in [-0.1, -0.05) is 0 Å². The molecule has 82 valence electrons. The topological polar surface area (TPSA) is 42.7 Å². The predicted octanol–water partition coefficient (Wildman–Crippen LogP) is 1.07. The molecule has 1 aliphatic heterocycles. The van der Waals surface area contributed by atoms with Gasteiger partial charge < -0.3 is 9.88 Å². The molecule has 2 fully saturated rings. The van der Waals surface area contributed by atoms with Gasteiger partial charge in [0.15, 0.2) is 0 Å². The number of aromatic nitrogens is 3. The van der Waals surface area contributed by atoms with Crippen molar-refractivity contribution < 1.29 is 0 Å². The van der Waals surface area contributed by atoms with Crippen LogP contribution in [0.1, 0.15) is 30.5 Å². The predicted molar refractivity (Wildman–Crippen MR) is 57.6 cm³/mol. The summed E-state index contributed by atoms with van der Waals surface area (Å²) in [6.45, 7) is 6.54. The Morgan fingerprint density at radius 3 is 2.13 bits per heavy atom. The van der Waals surface area contributed by atoms with Crippen molar-refractivity contribution in [2.24, 2.45) is 11.8 Å². The second-order valence-corrected chi connectivity index (χ2v) is 4.97. The van der Waals surface area contributed by atoms with E-state index in [1.165, 1.54) is 25.9 Å². The molecule has 1 N–H and O–H groups in total. The normalized spacial score (nSPS) is 34.7. The van der Waals surface area contributed by atoms with Crippen molar-refractivity contribution in [3.05, 3.63) is 11.6 Å². The maximum absolute atomic E-state index is 4.15. The fourth-order valence-corrected chi connectivity index (χ4v) is 3.35. The zero-order valence-corrected chi connectivity index (χ0v) is 9.40. The van der Waals surface area contributed by atoms with E-state index < -0.39 is 0 Å². The average Bonchev–Trinajstić information content (AvgIpc) is 2.80. The number of hydrogen-bond acceptors (Lipinski definition) is 3. The third-order valence-electron chi connectivity index (χ3n) is 4.03. The Labute approximate surface area is 90.1 Å². The van der Waals surface area contributed by atoms with E-state index in [2.05, 4.69) is 33.9 Å². The first-order valence-corrected chi connectivity index (χ1v) is 5.84. The van der Waals surface area contributed by atoms with E-state index in [0.717, 1.165) is 23.5 Å². The Kier molecular flexibility index (Phi) is 2.06. The quantitative estimate of drug-likeness (QED) is 0.747. The molecule has 0 amide bonds. The number of nitrogens with one attached hydrogen (secondary N) is 1. The monoisotopic (exact) mass is 206 g/mol. The van der Waals surface area contributed by atoms with Gasteiger partial charge >= 0.3 is 0 Å². The Bertz CT molecular complexity index is 339. The Hall–Kier alpha value is -0.900. The summed E-state index contributed by atoms with van der Waals surface area (Å²) in [6.07, 6.45) is 2.61. The SMILES string of the molecule is Cc1nnc(C)n1C1C[C@H]2CNC[C@H]2C1. The Morgan fingerprint density at radius 1 is 1.07 bits per heavy atom. The van der Waals surface area contributed by atoms with Crippen molar-refractivity contribution in [1.29, 1.82) is 0 Å². The second kappa shape index (κ2) is 3.30. The summed E-state index contributed by atoms with van der Waals surface area (Å²) in [5, 5.41) is 11.8. The van der Waals surface area contributed by atoms with Crippen LogP contribution in [-0.4, -0.2) is 27.9 Å². The molecule has 1 unspecified atom stereocenters. The molecule has 3 rings (SSSR count). The summed E-state index contributed by atoms with van der Waals surface area (Å²) in [5.74, 6) is 3.92. The molecule has 2 aliphatic rings. The highest BCUT2D eigenvalue weighted by Crippen LogP contribution is 2.41. The Morgan fingerprint density at radius 2 is 1.60 bits per heavy atom. The summed E-state index contributed by atoms with van der Waals surface area (Å²) in [6, 6.07) is 0.650. The minimum absolute atomic E-state index is 0.650. The first kappa shape index (κ1) is 9.33. The summed E-state index contributed by atoms with van der Waals surface area (Å²) in [4.78, 5) is 0. The number of hydrogen-bond donors (Lipinski definition) is 1. The van der Waals surface area contributed by atoms with Crippen molar-refractivity contribution in [2.45, 2.75) is 32.7 Å². The van der Waals surface area contributed by atoms with Crippen LogP contribution in [-0.2, 0) is 0 Å². The van der Waals surface area contributed by atoms with Gasteiger partial charge in [-0.25, -0.2) is 0 Å². The molecule has 15 heavy (non-hydrogen) atoms. The highest BCUT2D eigenvalue weighted by atomic mass is 15.3. The highest BCUT2D eigenvalue weighted by molar-refractivity contribution is 5.00. The minimum Gasteiger partial charge on any atom is -0.316 e. The van der Waals surface area contributed by atoms with Crippen LogP contribution in [0.25, 0.3) is 0 Å². The maximum Gasteiger partial charge on any atom is 0.130 e. The van der Waals surface area contributed by atoms with Gasteiger partial charge in [0.1, 0.15) is 11.6 Å². The van der Waals surface area contributed by atoms with Gasteiger partial charge in [0.2, 0.25) is 0 Å². The largest absolute Gasteiger partial charge is 0.316 e. The first-order chi connectivity index (χ1) is 7.25. The number of aryl methyl sites for hydroxylation is 2. The lowest BCUT2D eigenvalue weighted by Gasteiger charge is -2.15. The third kappa shape index (κ3) is 1.39. The van der Waals surface area contributed by atoms with Crippen LogP contribution in [0.5, 0.6) is 0 Å². The standard InChI is InChI=1S/C11H18N4/c1-7-13-14-8(2)15(7)11-3-9-5-12-6-10(9)4-11/h9-12H,3-6H2,1-2H3/t9-,10+,11?. The number of rotatable bonds is 1. The van der Waals surface area contributed by atoms with Crippen LogP contribution in [0.3, 0.4) is 0 Å². The molecule has 1 aromatic heterocycles. The van der Waals surface area contributed by atoms with Crippen LogP contribution >= 0.6 is 0 Å². The smallest absolute Gasteiger partial charge is 0.130 e. The van der Waals surface area contributed by atoms with Crippen LogP contribution in [0.2, 0.25) is 0 Å². The van der Waals surface area contributed by atoms with Crippen LogP contribution in [0, 0.1) is 25.7 Å². The van der Waals surface area contributed by atoms with Gasteiger partial charge in [-0.15, -0.1) is 10.2 Å². The summed E-state index contributed by atoms with van der Waals surface area (Å²) >= 11 is 0. The van der Waals surface area contributed by atoms with Gasteiger partial charge in [-0.2, -0.15) is 0 Å². The molecular formula is C11H18N4.